The van der Waals surface area contributed by atoms with Crippen molar-refractivity contribution in [2.24, 2.45) is 0 Å². The van der Waals surface area contributed by atoms with Gasteiger partial charge in [-0.25, -0.2) is 9.97 Å². The maximum atomic E-state index is 12.0. The van der Waals surface area contributed by atoms with Gasteiger partial charge in [0.2, 0.25) is 0 Å². The summed E-state index contributed by atoms with van der Waals surface area (Å²) in [6, 6.07) is 7.48. The summed E-state index contributed by atoms with van der Waals surface area (Å²) in [5, 5.41) is 3.53. The van der Waals surface area contributed by atoms with Gasteiger partial charge in [-0.2, -0.15) is 0 Å². The van der Waals surface area contributed by atoms with Crippen LogP contribution in [0.3, 0.4) is 0 Å². The zero-order valence-electron chi connectivity index (χ0n) is 10.4. The van der Waals surface area contributed by atoms with Gasteiger partial charge >= 0.3 is 0 Å². The van der Waals surface area contributed by atoms with Crippen molar-refractivity contribution in [2.45, 2.75) is 6.92 Å². The Kier molecular flexibility index (Phi) is 3.84. The summed E-state index contributed by atoms with van der Waals surface area (Å²) < 4.78 is 4.89. The van der Waals surface area contributed by atoms with Gasteiger partial charge in [0.15, 0.2) is 0 Å². The first-order valence-corrected chi connectivity index (χ1v) is 5.73. The molecule has 0 fully saturated rings. The molecular weight excluding hydrogens is 230 g/mol. The number of aryl methyl sites for hydroxylation is 1. The van der Waals surface area contributed by atoms with Crippen LogP contribution >= 0.6 is 0 Å². The third kappa shape index (κ3) is 2.62. The Balaban J connectivity index is 2.34. The number of carbonyl (C=O) groups excluding carboxylic acids is 1. The van der Waals surface area contributed by atoms with Gasteiger partial charge in [0.05, 0.1) is 12.1 Å². The molecule has 94 valence electrons. The molecule has 0 aliphatic heterocycles. The molecular formula is C13H15N3O2. The molecule has 0 unspecified atom stereocenters. The van der Waals surface area contributed by atoms with Crippen molar-refractivity contribution in [2.75, 3.05) is 20.3 Å². The molecule has 1 amide bonds. The topological polar surface area (TPSA) is 64.1 Å². The first-order chi connectivity index (χ1) is 8.72. The molecule has 0 aliphatic rings. The summed E-state index contributed by atoms with van der Waals surface area (Å²) in [6.07, 6.45) is 0. The Morgan fingerprint density at radius 2 is 2.11 bits per heavy atom. The predicted octanol–water partition coefficient (Wildman–Crippen LogP) is 1.31. The molecule has 0 atom stereocenters. The first kappa shape index (κ1) is 12.4. The lowest BCUT2D eigenvalue weighted by Crippen LogP contribution is -2.28. The third-order valence-electron chi connectivity index (χ3n) is 2.52. The Labute approximate surface area is 105 Å². The zero-order valence-corrected chi connectivity index (χ0v) is 10.4. The largest absolute Gasteiger partial charge is 0.383 e. The average Bonchev–Trinajstić information content (AvgIpc) is 2.38. The van der Waals surface area contributed by atoms with Gasteiger partial charge in [-0.15, -0.1) is 0 Å². The summed E-state index contributed by atoms with van der Waals surface area (Å²) in [4.78, 5) is 20.5. The lowest BCUT2D eigenvalue weighted by atomic mass is 10.1. The summed E-state index contributed by atoms with van der Waals surface area (Å²) in [5.41, 5.74) is 1.19. The van der Waals surface area contributed by atoms with Gasteiger partial charge in [-0.1, -0.05) is 18.2 Å². The lowest BCUT2D eigenvalue weighted by molar-refractivity contribution is 0.0933. The number of methoxy groups -OCH3 is 1. The van der Waals surface area contributed by atoms with E-state index in [4.69, 9.17) is 4.74 Å². The van der Waals surface area contributed by atoms with Crippen molar-refractivity contribution < 1.29 is 9.53 Å². The van der Waals surface area contributed by atoms with Gasteiger partial charge in [-0.3, -0.25) is 4.79 Å². The molecule has 0 bridgehead atoms. The molecule has 1 aromatic heterocycles. The second kappa shape index (κ2) is 5.55. The number of hydrogen-bond donors (Lipinski definition) is 1. The van der Waals surface area contributed by atoms with Crippen LogP contribution in [0, 0.1) is 6.92 Å². The maximum Gasteiger partial charge on any atom is 0.270 e. The molecule has 0 saturated heterocycles. The van der Waals surface area contributed by atoms with Crippen molar-refractivity contribution in [3.05, 3.63) is 35.8 Å². The predicted molar refractivity (Wildman–Crippen MR) is 68.5 cm³/mol. The smallest absolute Gasteiger partial charge is 0.270 e. The number of amides is 1. The van der Waals surface area contributed by atoms with E-state index < -0.39 is 0 Å². The fourth-order valence-corrected chi connectivity index (χ4v) is 1.72. The Hall–Kier alpha value is -2.01. The molecule has 5 nitrogen and oxygen atoms in total. The number of carbonyl (C=O) groups is 1. The molecule has 1 heterocycles. The van der Waals surface area contributed by atoms with Crippen LogP contribution in [0.15, 0.2) is 24.3 Å². The van der Waals surface area contributed by atoms with Crippen LogP contribution in [0.2, 0.25) is 0 Å². The number of nitrogens with zero attached hydrogens (tertiary/aromatic N) is 2. The summed E-state index contributed by atoms with van der Waals surface area (Å²) >= 11 is 0. The van der Waals surface area contributed by atoms with Gasteiger partial charge in [0, 0.05) is 19.0 Å². The van der Waals surface area contributed by atoms with E-state index in [2.05, 4.69) is 15.3 Å². The molecule has 0 aliphatic carbocycles. The standard InChI is InChI=1S/C13H15N3O2/c1-9-15-11-6-4-3-5-10(11)12(16-9)13(17)14-7-8-18-2/h3-6H,7-8H2,1-2H3,(H,14,17). The van der Waals surface area contributed by atoms with E-state index in [1.165, 1.54) is 0 Å². The van der Waals surface area contributed by atoms with Crippen molar-refractivity contribution in [3.63, 3.8) is 0 Å². The monoisotopic (exact) mass is 245 g/mol. The van der Waals surface area contributed by atoms with E-state index in [9.17, 15) is 4.79 Å². The number of para-hydroxylation sites is 1. The molecule has 2 aromatic rings. The zero-order chi connectivity index (χ0) is 13.0. The molecule has 5 heteroatoms. The normalized spacial score (nSPS) is 10.6. The number of benzene rings is 1. The molecule has 0 radical (unpaired) electrons. The van der Waals surface area contributed by atoms with Gasteiger partial charge < -0.3 is 10.1 Å². The minimum atomic E-state index is -0.200. The Morgan fingerprint density at radius 3 is 2.89 bits per heavy atom. The van der Waals surface area contributed by atoms with Gasteiger partial charge in [0.1, 0.15) is 11.5 Å². The van der Waals surface area contributed by atoms with E-state index in [1.54, 1.807) is 14.0 Å². The number of rotatable bonds is 4. The van der Waals surface area contributed by atoms with Crippen LogP contribution in [0.25, 0.3) is 10.9 Å². The third-order valence-corrected chi connectivity index (χ3v) is 2.52. The summed E-state index contributed by atoms with van der Waals surface area (Å²) in [5.74, 6) is 0.388. The van der Waals surface area contributed by atoms with E-state index in [1.807, 2.05) is 24.3 Å². The highest BCUT2D eigenvalue weighted by molar-refractivity contribution is 6.04. The van der Waals surface area contributed by atoms with Gasteiger partial charge in [0.25, 0.3) is 5.91 Å². The quantitative estimate of drug-likeness (QED) is 0.825. The van der Waals surface area contributed by atoms with Crippen LogP contribution < -0.4 is 5.32 Å². The Bertz CT molecular complexity index is 569. The van der Waals surface area contributed by atoms with Crippen molar-refractivity contribution in [3.8, 4) is 0 Å². The SMILES string of the molecule is COCCNC(=O)c1nc(C)nc2ccccc12. The average molecular weight is 245 g/mol. The first-order valence-electron chi connectivity index (χ1n) is 5.73. The lowest BCUT2D eigenvalue weighted by Gasteiger charge is -2.07. The second-order valence-corrected chi connectivity index (χ2v) is 3.89. The molecule has 0 spiro atoms. The van der Waals surface area contributed by atoms with Crippen molar-refractivity contribution in [1.29, 1.82) is 0 Å². The molecule has 18 heavy (non-hydrogen) atoms. The highest BCUT2D eigenvalue weighted by Crippen LogP contribution is 2.15. The van der Waals surface area contributed by atoms with Gasteiger partial charge in [-0.05, 0) is 13.0 Å². The minimum absolute atomic E-state index is 0.200. The minimum Gasteiger partial charge on any atom is -0.383 e. The molecule has 1 N–H and O–H groups in total. The highest BCUT2D eigenvalue weighted by atomic mass is 16.5. The number of hydrogen-bond acceptors (Lipinski definition) is 4. The van der Waals surface area contributed by atoms with E-state index in [-0.39, 0.29) is 5.91 Å². The number of ether oxygens (including phenoxy) is 1. The molecule has 2 rings (SSSR count). The highest BCUT2D eigenvalue weighted by Gasteiger charge is 2.12. The van der Waals surface area contributed by atoms with Crippen LogP contribution in [-0.4, -0.2) is 36.1 Å². The van der Waals surface area contributed by atoms with Crippen LogP contribution in [0.1, 0.15) is 16.3 Å². The number of nitrogens with one attached hydrogen (secondary N) is 1. The second-order valence-electron chi connectivity index (χ2n) is 3.89. The maximum absolute atomic E-state index is 12.0. The van der Waals surface area contributed by atoms with Crippen LogP contribution in [0.5, 0.6) is 0 Å². The van der Waals surface area contributed by atoms with Crippen LogP contribution in [0.4, 0.5) is 0 Å². The van der Waals surface area contributed by atoms with E-state index in [0.717, 1.165) is 10.9 Å². The summed E-state index contributed by atoms with van der Waals surface area (Å²) in [7, 11) is 1.59. The molecule has 0 saturated carbocycles. The van der Waals surface area contributed by atoms with Crippen LogP contribution in [-0.2, 0) is 4.74 Å². The van der Waals surface area contributed by atoms with E-state index >= 15 is 0 Å². The Morgan fingerprint density at radius 1 is 1.33 bits per heavy atom. The van der Waals surface area contributed by atoms with Crippen molar-refractivity contribution in [1.82, 2.24) is 15.3 Å². The fraction of sp³-hybridized carbons (Fsp3) is 0.308. The fourth-order valence-electron chi connectivity index (χ4n) is 1.72. The van der Waals surface area contributed by atoms with E-state index in [0.29, 0.717) is 24.7 Å². The number of aromatic nitrogens is 2. The summed E-state index contributed by atoms with van der Waals surface area (Å²) in [6.45, 7) is 2.72. The number of fused-ring (bicyclic) bond motifs is 1. The molecule has 1 aromatic carbocycles. The van der Waals surface area contributed by atoms with Crippen molar-refractivity contribution >= 4 is 16.8 Å².